The summed E-state index contributed by atoms with van der Waals surface area (Å²) in [5.41, 5.74) is 1.26. The van der Waals surface area contributed by atoms with Crippen LogP contribution in [0.25, 0.3) is 0 Å². The van der Waals surface area contributed by atoms with Gasteiger partial charge < -0.3 is 25.0 Å². The quantitative estimate of drug-likeness (QED) is 0.359. The number of nitrogens with zero attached hydrogens (tertiary/aromatic N) is 3. The number of nitrogens with one attached hydrogen (secondary N) is 2. The Morgan fingerprint density at radius 1 is 1.21 bits per heavy atom. The fraction of sp³-hybridized carbons (Fsp3) is 0.667. The van der Waals surface area contributed by atoms with Crippen LogP contribution in [0, 0.1) is 0 Å². The van der Waals surface area contributed by atoms with Crippen LogP contribution >= 0.6 is 0 Å². The highest BCUT2D eigenvalue weighted by molar-refractivity contribution is 5.79. The smallest absolute Gasteiger partial charge is 0.191 e. The summed E-state index contributed by atoms with van der Waals surface area (Å²) in [6.07, 6.45) is 1.09. The molecule has 1 aliphatic heterocycles. The molecule has 28 heavy (non-hydrogen) atoms. The predicted molar refractivity (Wildman–Crippen MR) is 115 cm³/mol. The molecule has 1 fully saturated rings. The monoisotopic (exact) mass is 391 g/mol. The summed E-state index contributed by atoms with van der Waals surface area (Å²) in [6.45, 7) is 9.04. The number of ether oxygens (including phenoxy) is 2. The largest absolute Gasteiger partial charge is 0.497 e. The third-order valence-electron chi connectivity index (χ3n) is 4.83. The fourth-order valence-corrected chi connectivity index (χ4v) is 3.27. The summed E-state index contributed by atoms with van der Waals surface area (Å²) in [4.78, 5) is 9.55. The standard InChI is InChI=1S/C21H37N5O2/c1-5-22-21(23-11-6-12-25(2)3)24-17-20(26-13-15-28-16-14-26)18-7-9-19(27-4)10-8-18/h7-10,20H,5-6,11-17H2,1-4H3,(H2,22,23,24). The van der Waals surface area contributed by atoms with Crippen molar-refractivity contribution < 1.29 is 9.47 Å². The minimum absolute atomic E-state index is 0.229. The van der Waals surface area contributed by atoms with Crippen LogP contribution in [0.1, 0.15) is 24.9 Å². The third kappa shape index (κ3) is 7.66. The van der Waals surface area contributed by atoms with Crippen LogP contribution in [0.15, 0.2) is 29.3 Å². The molecule has 1 aliphatic rings. The van der Waals surface area contributed by atoms with E-state index in [0.29, 0.717) is 6.54 Å². The third-order valence-corrected chi connectivity index (χ3v) is 4.83. The Morgan fingerprint density at radius 3 is 2.54 bits per heavy atom. The molecule has 0 aliphatic carbocycles. The van der Waals surface area contributed by atoms with Gasteiger partial charge in [-0.15, -0.1) is 0 Å². The van der Waals surface area contributed by atoms with Crippen LogP contribution in [-0.4, -0.2) is 89.4 Å². The molecule has 0 saturated carbocycles. The summed E-state index contributed by atoms with van der Waals surface area (Å²) in [7, 11) is 5.89. The highest BCUT2D eigenvalue weighted by Gasteiger charge is 2.22. The van der Waals surface area contributed by atoms with Gasteiger partial charge in [-0.2, -0.15) is 0 Å². The molecule has 7 heteroatoms. The normalized spacial score (nSPS) is 16.8. The average Bonchev–Trinajstić information content (AvgIpc) is 2.72. The summed E-state index contributed by atoms with van der Waals surface area (Å²) in [5, 5.41) is 6.81. The minimum Gasteiger partial charge on any atom is -0.497 e. The second kappa shape index (κ2) is 12.6. The van der Waals surface area contributed by atoms with E-state index in [-0.39, 0.29) is 6.04 Å². The lowest BCUT2D eigenvalue weighted by Crippen LogP contribution is -2.42. The molecule has 1 heterocycles. The molecule has 0 aromatic heterocycles. The van der Waals surface area contributed by atoms with E-state index in [1.165, 1.54) is 5.56 Å². The molecule has 1 aromatic carbocycles. The number of rotatable bonds is 10. The number of aliphatic imine (C=N–C) groups is 1. The van der Waals surface area contributed by atoms with E-state index in [1.54, 1.807) is 7.11 Å². The molecule has 0 spiro atoms. The Kier molecular flexibility index (Phi) is 10.1. The van der Waals surface area contributed by atoms with Crippen molar-refractivity contribution >= 4 is 5.96 Å². The predicted octanol–water partition coefficient (Wildman–Crippen LogP) is 1.58. The summed E-state index contributed by atoms with van der Waals surface area (Å²) < 4.78 is 10.9. The molecular formula is C21H37N5O2. The van der Waals surface area contributed by atoms with Gasteiger partial charge in [0.05, 0.1) is 32.9 Å². The van der Waals surface area contributed by atoms with E-state index >= 15 is 0 Å². The first-order chi connectivity index (χ1) is 13.6. The van der Waals surface area contributed by atoms with E-state index in [2.05, 4.69) is 53.6 Å². The second-order valence-electron chi connectivity index (χ2n) is 7.24. The van der Waals surface area contributed by atoms with E-state index < -0.39 is 0 Å². The van der Waals surface area contributed by atoms with Gasteiger partial charge in [0.2, 0.25) is 0 Å². The second-order valence-corrected chi connectivity index (χ2v) is 7.24. The Morgan fingerprint density at radius 2 is 1.93 bits per heavy atom. The molecule has 1 aromatic rings. The van der Waals surface area contributed by atoms with Crippen molar-refractivity contribution in [2.45, 2.75) is 19.4 Å². The number of methoxy groups -OCH3 is 1. The molecule has 1 unspecified atom stereocenters. The van der Waals surface area contributed by atoms with Gasteiger partial charge in [-0.05, 0) is 51.7 Å². The zero-order valence-electron chi connectivity index (χ0n) is 17.9. The molecule has 2 N–H and O–H groups in total. The molecule has 0 radical (unpaired) electrons. The van der Waals surface area contributed by atoms with Gasteiger partial charge in [-0.1, -0.05) is 12.1 Å². The number of morpholine rings is 1. The van der Waals surface area contributed by atoms with Crippen LogP contribution in [0.4, 0.5) is 0 Å². The lowest BCUT2D eigenvalue weighted by molar-refractivity contribution is 0.0179. The molecule has 2 rings (SSSR count). The van der Waals surface area contributed by atoms with E-state index in [1.807, 2.05) is 12.1 Å². The van der Waals surface area contributed by atoms with Gasteiger partial charge in [0.25, 0.3) is 0 Å². The van der Waals surface area contributed by atoms with E-state index in [4.69, 9.17) is 14.5 Å². The van der Waals surface area contributed by atoms with Gasteiger partial charge in [-0.25, -0.2) is 0 Å². The molecule has 0 bridgehead atoms. The zero-order chi connectivity index (χ0) is 20.2. The Hall–Kier alpha value is -1.83. The molecule has 0 amide bonds. The number of guanidine groups is 1. The van der Waals surface area contributed by atoms with Crippen LogP contribution in [0.3, 0.4) is 0 Å². The number of hydrogen-bond donors (Lipinski definition) is 2. The SMILES string of the molecule is CCNC(=NCC(c1ccc(OC)cc1)N1CCOCC1)NCCCN(C)C. The maximum Gasteiger partial charge on any atom is 0.191 e. The molecule has 7 nitrogen and oxygen atoms in total. The molecular weight excluding hydrogens is 354 g/mol. The first-order valence-corrected chi connectivity index (χ1v) is 10.3. The van der Waals surface area contributed by atoms with Gasteiger partial charge in [0, 0.05) is 26.2 Å². The highest BCUT2D eigenvalue weighted by atomic mass is 16.5. The van der Waals surface area contributed by atoms with Gasteiger partial charge in [0.15, 0.2) is 5.96 Å². The van der Waals surface area contributed by atoms with Crippen LogP contribution < -0.4 is 15.4 Å². The Balaban J connectivity index is 2.06. The Bertz CT molecular complexity index is 571. The van der Waals surface area contributed by atoms with E-state index in [0.717, 1.165) is 64.1 Å². The van der Waals surface area contributed by atoms with Gasteiger partial charge in [-0.3, -0.25) is 9.89 Å². The lowest BCUT2D eigenvalue weighted by Gasteiger charge is -2.34. The van der Waals surface area contributed by atoms with Crippen molar-refractivity contribution in [1.29, 1.82) is 0 Å². The van der Waals surface area contributed by atoms with Gasteiger partial charge >= 0.3 is 0 Å². The van der Waals surface area contributed by atoms with Crippen LogP contribution in [0.2, 0.25) is 0 Å². The Labute approximate surface area is 170 Å². The van der Waals surface area contributed by atoms with Crippen LogP contribution in [-0.2, 0) is 4.74 Å². The van der Waals surface area contributed by atoms with E-state index in [9.17, 15) is 0 Å². The first-order valence-electron chi connectivity index (χ1n) is 10.3. The van der Waals surface area contributed by atoms with Crippen LogP contribution in [0.5, 0.6) is 5.75 Å². The summed E-state index contributed by atoms with van der Waals surface area (Å²) in [5.74, 6) is 1.76. The van der Waals surface area contributed by atoms with Crippen molar-refractivity contribution in [3.63, 3.8) is 0 Å². The highest BCUT2D eigenvalue weighted by Crippen LogP contribution is 2.24. The van der Waals surface area contributed by atoms with Gasteiger partial charge in [0.1, 0.15) is 5.75 Å². The minimum atomic E-state index is 0.229. The fourth-order valence-electron chi connectivity index (χ4n) is 3.27. The van der Waals surface area contributed by atoms with Crippen molar-refractivity contribution in [1.82, 2.24) is 20.4 Å². The topological polar surface area (TPSA) is 61.4 Å². The van der Waals surface area contributed by atoms with Crippen molar-refractivity contribution in [2.24, 2.45) is 4.99 Å². The molecule has 1 atom stereocenters. The lowest BCUT2D eigenvalue weighted by atomic mass is 10.0. The number of hydrogen-bond acceptors (Lipinski definition) is 5. The first kappa shape index (κ1) is 22.5. The molecule has 158 valence electrons. The van der Waals surface area contributed by atoms with Crippen molar-refractivity contribution in [3.05, 3.63) is 29.8 Å². The number of benzene rings is 1. The van der Waals surface area contributed by atoms with Crippen molar-refractivity contribution in [3.8, 4) is 5.75 Å². The zero-order valence-corrected chi connectivity index (χ0v) is 17.9. The summed E-state index contributed by atoms with van der Waals surface area (Å²) >= 11 is 0. The summed E-state index contributed by atoms with van der Waals surface area (Å²) in [6, 6.07) is 8.57. The molecule has 1 saturated heterocycles. The maximum absolute atomic E-state index is 5.55. The average molecular weight is 392 g/mol. The maximum atomic E-state index is 5.55. The van der Waals surface area contributed by atoms with Crippen molar-refractivity contribution in [2.75, 3.05) is 73.7 Å².